The van der Waals surface area contributed by atoms with Gasteiger partial charge in [0.05, 0.1) is 29.4 Å². The maximum Gasteiger partial charge on any atom is 0.433 e. The van der Waals surface area contributed by atoms with E-state index in [1.54, 1.807) is 0 Å². The highest BCUT2D eigenvalue weighted by molar-refractivity contribution is 6.31. The maximum absolute atomic E-state index is 13.6. The highest BCUT2D eigenvalue weighted by atomic mass is 35.5. The van der Waals surface area contributed by atoms with Crippen molar-refractivity contribution in [3.05, 3.63) is 45.9 Å². The molecule has 2 aromatic rings. The van der Waals surface area contributed by atoms with Gasteiger partial charge in [0.1, 0.15) is 41.3 Å². The molecule has 1 aliphatic heterocycles. The van der Waals surface area contributed by atoms with Gasteiger partial charge in [-0.3, -0.25) is 4.79 Å². The third-order valence-electron chi connectivity index (χ3n) is 4.30. The van der Waals surface area contributed by atoms with Gasteiger partial charge in [-0.15, -0.1) is 0 Å². The number of pyridine rings is 1. The van der Waals surface area contributed by atoms with Gasteiger partial charge in [-0.25, -0.2) is 9.37 Å². The van der Waals surface area contributed by atoms with Crippen molar-refractivity contribution in [1.82, 2.24) is 4.98 Å². The molecule has 0 atom stereocenters. The zero-order chi connectivity index (χ0) is 23.8. The Morgan fingerprint density at radius 3 is 2.50 bits per heavy atom. The van der Waals surface area contributed by atoms with Crippen LogP contribution < -0.4 is 15.0 Å². The smallest absolute Gasteiger partial charge is 0.433 e. The second kappa shape index (κ2) is 8.34. The molecule has 0 radical (unpaired) electrons. The van der Waals surface area contributed by atoms with Crippen molar-refractivity contribution in [2.75, 3.05) is 29.9 Å². The predicted molar refractivity (Wildman–Crippen MR) is 96.7 cm³/mol. The fourth-order valence-corrected chi connectivity index (χ4v) is 3.04. The second-order valence-corrected chi connectivity index (χ2v) is 6.77. The lowest BCUT2D eigenvalue weighted by Crippen LogP contribution is -2.41. The Kier molecular flexibility index (Phi) is 6.10. The standard InChI is InChI=1S/C18H10ClF7N4O2/c19-10-4-12-13(5-11(10)20)32-2-1-30(12)15(31)7-28-16-8(6-27)9(17(21,22)23)3-14(29-16)18(24,25)26/h3-5H,1-2,7H2,(H,28,29). The number of aromatic nitrogens is 1. The number of halogens is 8. The molecule has 1 aliphatic rings. The molecule has 6 nitrogen and oxygen atoms in total. The molecule has 1 aromatic carbocycles. The number of amides is 1. The van der Waals surface area contributed by atoms with Crippen molar-refractivity contribution in [1.29, 1.82) is 5.26 Å². The molecule has 0 spiro atoms. The van der Waals surface area contributed by atoms with Gasteiger partial charge in [-0.1, -0.05) is 11.6 Å². The summed E-state index contributed by atoms with van der Waals surface area (Å²) < 4.78 is 97.5. The predicted octanol–water partition coefficient (Wildman–Crippen LogP) is 4.62. The molecule has 1 aromatic heterocycles. The van der Waals surface area contributed by atoms with Gasteiger partial charge < -0.3 is 15.0 Å². The van der Waals surface area contributed by atoms with Crippen LogP contribution in [0.25, 0.3) is 0 Å². The Bertz CT molecular complexity index is 1110. The van der Waals surface area contributed by atoms with Crippen LogP contribution >= 0.6 is 11.6 Å². The largest absolute Gasteiger partial charge is 0.489 e. The summed E-state index contributed by atoms with van der Waals surface area (Å²) in [4.78, 5) is 16.7. The summed E-state index contributed by atoms with van der Waals surface area (Å²) in [5, 5.41) is 10.8. The van der Waals surface area contributed by atoms with Crippen molar-refractivity contribution < 1.29 is 40.3 Å². The van der Waals surface area contributed by atoms with Crippen molar-refractivity contribution in [2.24, 2.45) is 0 Å². The molecule has 0 aliphatic carbocycles. The molecular formula is C18H10ClF7N4O2. The number of carbonyl (C=O) groups is 1. The summed E-state index contributed by atoms with van der Waals surface area (Å²) in [5.41, 5.74) is -4.89. The van der Waals surface area contributed by atoms with Gasteiger partial charge >= 0.3 is 12.4 Å². The van der Waals surface area contributed by atoms with Gasteiger partial charge in [0.2, 0.25) is 5.91 Å². The summed E-state index contributed by atoms with van der Waals surface area (Å²) >= 11 is 5.71. The lowest BCUT2D eigenvalue weighted by Gasteiger charge is -2.30. The monoisotopic (exact) mass is 482 g/mol. The molecule has 0 bridgehead atoms. The molecule has 0 saturated carbocycles. The minimum absolute atomic E-state index is 0.0271. The average molecular weight is 483 g/mol. The molecule has 170 valence electrons. The van der Waals surface area contributed by atoms with Crippen LogP contribution in [0, 0.1) is 17.1 Å². The summed E-state index contributed by atoms with van der Waals surface area (Å²) in [6.07, 6.45) is -10.5. The van der Waals surface area contributed by atoms with E-state index >= 15 is 0 Å². The van der Waals surface area contributed by atoms with Gasteiger partial charge in [0, 0.05) is 6.07 Å². The van der Waals surface area contributed by atoms with Crippen LogP contribution in [0.4, 0.5) is 42.2 Å². The molecule has 1 N–H and O–H groups in total. The van der Waals surface area contributed by atoms with Crippen LogP contribution in [-0.4, -0.2) is 30.6 Å². The van der Waals surface area contributed by atoms with Crippen molar-refractivity contribution >= 4 is 29.0 Å². The van der Waals surface area contributed by atoms with Crippen LogP contribution in [-0.2, 0) is 17.1 Å². The highest BCUT2D eigenvalue weighted by Crippen LogP contribution is 2.39. The third-order valence-corrected chi connectivity index (χ3v) is 4.59. The summed E-state index contributed by atoms with van der Waals surface area (Å²) in [6, 6.07) is 2.91. The fourth-order valence-electron chi connectivity index (χ4n) is 2.88. The number of carbonyl (C=O) groups excluding carboxylic acids is 1. The van der Waals surface area contributed by atoms with Crippen LogP contribution in [0.3, 0.4) is 0 Å². The first-order valence-corrected chi connectivity index (χ1v) is 8.96. The molecule has 1 amide bonds. The number of ether oxygens (including phenoxy) is 1. The number of rotatable bonds is 3. The molecule has 0 saturated heterocycles. The van der Waals surface area contributed by atoms with E-state index in [-0.39, 0.29) is 35.7 Å². The molecule has 3 rings (SSSR count). The molecule has 0 fully saturated rings. The van der Waals surface area contributed by atoms with E-state index in [0.29, 0.717) is 0 Å². The highest BCUT2D eigenvalue weighted by Gasteiger charge is 2.41. The number of anilines is 2. The SMILES string of the molecule is N#Cc1c(C(F)(F)F)cc(C(F)(F)F)nc1NCC(=O)N1CCOc2cc(F)c(Cl)cc21. The lowest BCUT2D eigenvalue weighted by molar-refractivity contribution is -0.145. The Balaban J connectivity index is 1.93. The van der Waals surface area contributed by atoms with Crippen molar-refractivity contribution in [2.45, 2.75) is 12.4 Å². The Labute approximate surface area is 180 Å². The van der Waals surface area contributed by atoms with E-state index in [1.807, 2.05) is 0 Å². The van der Waals surface area contributed by atoms with E-state index < -0.39 is 53.3 Å². The summed E-state index contributed by atoms with van der Waals surface area (Å²) in [6.45, 7) is -0.928. The average Bonchev–Trinajstić information content (AvgIpc) is 2.70. The number of alkyl halides is 6. The zero-order valence-electron chi connectivity index (χ0n) is 15.5. The van der Waals surface area contributed by atoms with E-state index in [9.17, 15) is 35.5 Å². The zero-order valence-corrected chi connectivity index (χ0v) is 16.3. The van der Waals surface area contributed by atoms with Gasteiger partial charge in [-0.05, 0) is 12.1 Å². The van der Waals surface area contributed by atoms with Gasteiger partial charge in [-0.2, -0.15) is 31.6 Å². The summed E-state index contributed by atoms with van der Waals surface area (Å²) in [7, 11) is 0. The van der Waals surface area contributed by atoms with Crippen LogP contribution in [0.5, 0.6) is 5.75 Å². The Morgan fingerprint density at radius 2 is 1.91 bits per heavy atom. The second-order valence-electron chi connectivity index (χ2n) is 6.37. The molecule has 0 unspecified atom stereocenters. The quantitative estimate of drug-likeness (QED) is 0.646. The van der Waals surface area contributed by atoms with E-state index in [0.717, 1.165) is 17.0 Å². The van der Waals surface area contributed by atoms with Crippen LogP contribution in [0.15, 0.2) is 18.2 Å². The van der Waals surface area contributed by atoms with E-state index in [1.165, 1.54) is 6.07 Å². The molecule has 32 heavy (non-hydrogen) atoms. The third kappa shape index (κ3) is 4.64. The van der Waals surface area contributed by atoms with Gasteiger partial charge in [0.15, 0.2) is 0 Å². The number of hydrogen-bond acceptors (Lipinski definition) is 5. The van der Waals surface area contributed by atoms with Crippen LogP contribution in [0.2, 0.25) is 5.02 Å². The molecular weight excluding hydrogens is 473 g/mol. The fraction of sp³-hybridized carbons (Fsp3) is 0.278. The summed E-state index contributed by atoms with van der Waals surface area (Å²) in [5.74, 6) is -2.73. The Hall–Kier alpha value is -3.27. The first-order chi connectivity index (χ1) is 14.8. The number of hydrogen-bond donors (Lipinski definition) is 1. The van der Waals surface area contributed by atoms with Crippen molar-refractivity contribution in [3.63, 3.8) is 0 Å². The lowest BCUT2D eigenvalue weighted by atomic mass is 10.1. The van der Waals surface area contributed by atoms with E-state index in [2.05, 4.69) is 10.3 Å². The molecule has 2 heterocycles. The number of benzene rings is 1. The normalized spacial score (nSPS) is 13.8. The topological polar surface area (TPSA) is 78.2 Å². The van der Waals surface area contributed by atoms with Gasteiger partial charge in [0.25, 0.3) is 0 Å². The van der Waals surface area contributed by atoms with E-state index in [4.69, 9.17) is 21.6 Å². The first kappa shape index (κ1) is 23.4. The Morgan fingerprint density at radius 1 is 1.22 bits per heavy atom. The van der Waals surface area contributed by atoms with Crippen molar-refractivity contribution in [3.8, 4) is 11.8 Å². The number of nitrogens with one attached hydrogen (secondary N) is 1. The minimum atomic E-state index is -5.28. The minimum Gasteiger partial charge on any atom is -0.489 e. The van der Waals surface area contributed by atoms with Crippen LogP contribution in [0.1, 0.15) is 16.8 Å². The number of nitrogens with zero attached hydrogens (tertiary/aromatic N) is 3. The number of nitriles is 1. The number of fused-ring (bicyclic) bond motifs is 1. The first-order valence-electron chi connectivity index (χ1n) is 8.58. The maximum atomic E-state index is 13.6. The molecule has 14 heteroatoms.